The molecule has 29 heavy (non-hydrogen) atoms. The van der Waals surface area contributed by atoms with Crippen LogP contribution in [-0.4, -0.2) is 39.8 Å². The van der Waals surface area contributed by atoms with Gasteiger partial charge in [-0.25, -0.2) is 12.8 Å². The molecule has 2 rings (SSSR count). The van der Waals surface area contributed by atoms with Crippen LogP contribution in [0, 0.1) is 5.82 Å². The molecule has 1 amide bonds. The normalized spacial score (nSPS) is 12.5. The Bertz CT molecular complexity index is 930. The average molecular weight is 423 g/mol. The second kappa shape index (κ2) is 9.73. The highest BCUT2D eigenvalue weighted by atomic mass is 32.2. The maximum absolute atomic E-state index is 13.2. The molecule has 1 atom stereocenters. The van der Waals surface area contributed by atoms with E-state index in [9.17, 15) is 17.6 Å². The lowest BCUT2D eigenvalue weighted by molar-refractivity contribution is -0.121. The van der Waals surface area contributed by atoms with E-state index in [4.69, 9.17) is 4.74 Å². The Hall–Kier alpha value is -2.61. The molecule has 0 aromatic heterocycles. The molecule has 8 heteroatoms. The Morgan fingerprint density at radius 1 is 1.10 bits per heavy atom. The molecule has 6 nitrogen and oxygen atoms in total. The number of carbonyl (C=O) groups is 1. The van der Waals surface area contributed by atoms with Gasteiger partial charge in [-0.3, -0.25) is 9.10 Å². The van der Waals surface area contributed by atoms with Gasteiger partial charge in [0.2, 0.25) is 15.9 Å². The summed E-state index contributed by atoms with van der Waals surface area (Å²) in [5, 5.41) is 2.69. The number of anilines is 1. The van der Waals surface area contributed by atoms with E-state index in [0.717, 1.165) is 34.0 Å². The number of amides is 1. The number of hydrogen-bond donors (Lipinski definition) is 1. The summed E-state index contributed by atoms with van der Waals surface area (Å²) >= 11 is 0. The molecule has 2 aromatic carbocycles. The second-order valence-corrected chi connectivity index (χ2v) is 8.90. The van der Waals surface area contributed by atoms with Gasteiger partial charge in [0.05, 0.1) is 18.5 Å². The van der Waals surface area contributed by atoms with Crippen molar-refractivity contribution >= 4 is 21.6 Å². The highest BCUT2D eigenvalue weighted by Crippen LogP contribution is 2.25. The highest BCUT2D eigenvalue weighted by molar-refractivity contribution is 7.92. The Morgan fingerprint density at radius 3 is 2.31 bits per heavy atom. The van der Waals surface area contributed by atoms with Gasteiger partial charge < -0.3 is 10.1 Å². The first-order chi connectivity index (χ1) is 13.6. The fourth-order valence-corrected chi connectivity index (χ4v) is 4.14. The van der Waals surface area contributed by atoms with Crippen molar-refractivity contribution in [1.82, 2.24) is 5.32 Å². The van der Waals surface area contributed by atoms with E-state index in [1.807, 2.05) is 24.3 Å². The van der Waals surface area contributed by atoms with Gasteiger partial charge in [-0.2, -0.15) is 0 Å². The van der Waals surface area contributed by atoms with E-state index < -0.39 is 27.8 Å². The lowest BCUT2D eigenvalue weighted by Gasteiger charge is -2.28. The van der Waals surface area contributed by atoms with Crippen LogP contribution >= 0.6 is 0 Å². The van der Waals surface area contributed by atoms with Gasteiger partial charge in [0, 0.05) is 0 Å². The number of nitrogens with zero attached hydrogens (tertiary/aromatic N) is 1. The molecule has 2 aromatic rings. The van der Waals surface area contributed by atoms with Crippen molar-refractivity contribution in [3.63, 3.8) is 0 Å². The van der Waals surface area contributed by atoms with Crippen LogP contribution in [0.25, 0.3) is 0 Å². The molecule has 0 spiro atoms. The molecule has 0 fully saturated rings. The summed E-state index contributed by atoms with van der Waals surface area (Å²) in [4.78, 5) is 12.5. The van der Waals surface area contributed by atoms with Gasteiger partial charge in [0.1, 0.15) is 24.2 Å². The fourth-order valence-electron chi connectivity index (χ4n) is 2.97. The van der Waals surface area contributed by atoms with E-state index >= 15 is 0 Å². The molecule has 0 saturated heterocycles. The third kappa shape index (κ3) is 6.19. The Labute approximate surface area is 171 Å². The van der Waals surface area contributed by atoms with Crippen LogP contribution in [0.4, 0.5) is 10.1 Å². The summed E-state index contributed by atoms with van der Waals surface area (Å²) in [5.41, 5.74) is 1.30. The summed E-state index contributed by atoms with van der Waals surface area (Å²) in [5.74, 6) is 0.104. The second-order valence-electron chi connectivity index (χ2n) is 7.04. The van der Waals surface area contributed by atoms with Crippen molar-refractivity contribution in [2.24, 2.45) is 0 Å². The van der Waals surface area contributed by atoms with Gasteiger partial charge in [0.25, 0.3) is 0 Å². The molecule has 0 aliphatic carbocycles. The highest BCUT2D eigenvalue weighted by Gasteiger charge is 2.28. The number of sulfonamides is 1. The lowest BCUT2D eigenvalue weighted by Crippen LogP contribution is -2.48. The minimum Gasteiger partial charge on any atom is -0.491 e. The number of halogens is 1. The SMILES string of the molecule is CC(C)c1ccccc1OCCNC(=O)[C@@H](C)N(c1ccc(F)cc1)S(C)(=O)=O. The van der Waals surface area contributed by atoms with Crippen molar-refractivity contribution in [3.05, 3.63) is 59.9 Å². The van der Waals surface area contributed by atoms with E-state index in [-0.39, 0.29) is 18.8 Å². The zero-order valence-electron chi connectivity index (χ0n) is 17.1. The van der Waals surface area contributed by atoms with Crippen LogP contribution in [0.2, 0.25) is 0 Å². The van der Waals surface area contributed by atoms with Crippen LogP contribution in [0.5, 0.6) is 5.75 Å². The number of hydrogen-bond acceptors (Lipinski definition) is 4. The summed E-state index contributed by atoms with van der Waals surface area (Å²) < 4.78 is 44.3. The van der Waals surface area contributed by atoms with E-state index in [1.165, 1.54) is 19.1 Å². The molecule has 0 aliphatic rings. The quantitative estimate of drug-likeness (QED) is 0.629. The molecule has 0 unspecified atom stereocenters. The van der Waals surface area contributed by atoms with Crippen LogP contribution in [0.1, 0.15) is 32.3 Å². The van der Waals surface area contributed by atoms with Crippen molar-refractivity contribution in [1.29, 1.82) is 0 Å². The molecule has 0 heterocycles. The van der Waals surface area contributed by atoms with Gasteiger partial charge >= 0.3 is 0 Å². The van der Waals surface area contributed by atoms with Gasteiger partial charge in [0.15, 0.2) is 0 Å². The molecule has 0 aliphatic heterocycles. The number of carbonyl (C=O) groups excluding carboxylic acids is 1. The summed E-state index contributed by atoms with van der Waals surface area (Å²) in [6.07, 6.45) is 1.01. The standard InChI is InChI=1S/C21H27FN2O4S/c1-15(2)19-7-5-6-8-20(19)28-14-13-23-21(25)16(3)24(29(4,26)27)18-11-9-17(22)10-12-18/h5-12,15-16H,13-14H2,1-4H3,(H,23,25)/t16-/m1/s1. The molecule has 0 saturated carbocycles. The largest absolute Gasteiger partial charge is 0.491 e. The van der Waals surface area contributed by atoms with Crippen molar-refractivity contribution in [2.75, 3.05) is 23.7 Å². The Balaban J connectivity index is 1.99. The molecule has 0 bridgehead atoms. The maximum Gasteiger partial charge on any atom is 0.243 e. The first-order valence-electron chi connectivity index (χ1n) is 9.35. The van der Waals surface area contributed by atoms with E-state index in [1.54, 1.807) is 0 Å². The predicted molar refractivity (Wildman–Crippen MR) is 112 cm³/mol. The maximum atomic E-state index is 13.2. The minimum atomic E-state index is -3.75. The third-order valence-corrected chi connectivity index (χ3v) is 5.61. The van der Waals surface area contributed by atoms with Crippen LogP contribution < -0.4 is 14.4 Å². The van der Waals surface area contributed by atoms with Gasteiger partial charge in [-0.1, -0.05) is 32.0 Å². The van der Waals surface area contributed by atoms with Gasteiger partial charge in [-0.15, -0.1) is 0 Å². The van der Waals surface area contributed by atoms with Crippen LogP contribution in [-0.2, 0) is 14.8 Å². The molecule has 1 N–H and O–H groups in total. The number of rotatable bonds is 9. The van der Waals surface area contributed by atoms with Crippen LogP contribution in [0.3, 0.4) is 0 Å². The van der Waals surface area contributed by atoms with Crippen molar-refractivity contribution in [3.8, 4) is 5.75 Å². The summed E-state index contributed by atoms with van der Waals surface area (Å²) in [6.45, 7) is 6.09. The fraction of sp³-hybridized carbons (Fsp3) is 0.381. The third-order valence-electron chi connectivity index (χ3n) is 4.37. The van der Waals surface area contributed by atoms with Crippen LogP contribution in [0.15, 0.2) is 48.5 Å². The molecular weight excluding hydrogens is 395 g/mol. The molecule has 0 radical (unpaired) electrons. The monoisotopic (exact) mass is 422 g/mol. The molecular formula is C21H27FN2O4S. The lowest BCUT2D eigenvalue weighted by atomic mass is 10.0. The van der Waals surface area contributed by atoms with Crippen molar-refractivity contribution in [2.45, 2.75) is 32.7 Å². The summed E-state index contributed by atoms with van der Waals surface area (Å²) in [7, 11) is -3.75. The van der Waals surface area contributed by atoms with Gasteiger partial charge in [-0.05, 0) is 48.7 Å². The molecule has 158 valence electrons. The minimum absolute atomic E-state index is 0.219. The average Bonchev–Trinajstić information content (AvgIpc) is 2.65. The Morgan fingerprint density at radius 2 is 1.72 bits per heavy atom. The van der Waals surface area contributed by atoms with Crippen molar-refractivity contribution < 1.29 is 22.3 Å². The number of benzene rings is 2. The van der Waals surface area contributed by atoms with E-state index in [2.05, 4.69) is 19.2 Å². The predicted octanol–water partition coefficient (Wildman–Crippen LogP) is 3.30. The Kier molecular flexibility index (Phi) is 7.61. The zero-order valence-corrected chi connectivity index (χ0v) is 17.9. The first kappa shape index (κ1) is 22.7. The number of nitrogens with one attached hydrogen (secondary N) is 1. The zero-order chi connectivity index (χ0) is 21.6. The summed E-state index contributed by atoms with van der Waals surface area (Å²) in [6, 6.07) is 11.6. The number of ether oxygens (including phenoxy) is 1. The number of para-hydroxylation sites is 1. The smallest absolute Gasteiger partial charge is 0.243 e. The topological polar surface area (TPSA) is 75.7 Å². The first-order valence-corrected chi connectivity index (χ1v) is 11.2. The van der Waals surface area contributed by atoms with E-state index in [0.29, 0.717) is 5.92 Å².